The largest absolute Gasteiger partial charge is 0.506 e. The Morgan fingerprint density at radius 2 is 2.10 bits per heavy atom. The minimum atomic E-state index is -0.555. The van der Waals surface area contributed by atoms with Gasteiger partial charge in [0, 0.05) is 11.8 Å². The van der Waals surface area contributed by atoms with E-state index in [9.17, 15) is 5.11 Å². The third-order valence-corrected chi connectivity index (χ3v) is 3.35. The quantitative estimate of drug-likeness (QED) is 0.857. The van der Waals surface area contributed by atoms with E-state index in [4.69, 9.17) is 14.2 Å². The summed E-state index contributed by atoms with van der Waals surface area (Å²) in [5.41, 5.74) is 2.13. The summed E-state index contributed by atoms with van der Waals surface area (Å²) in [6.45, 7) is 2.95. The molecule has 1 atom stereocenters. The van der Waals surface area contributed by atoms with Crippen molar-refractivity contribution in [3.63, 3.8) is 0 Å². The van der Waals surface area contributed by atoms with Crippen molar-refractivity contribution >= 4 is 0 Å². The molecule has 110 valence electrons. The lowest BCUT2D eigenvalue weighted by molar-refractivity contribution is -0.142. The first-order valence-corrected chi connectivity index (χ1v) is 6.84. The Bertz CT molecular complexity index is 615. The van der Waals surface area contributed by atoms with E-state index in [0.717, 1.165) is 11.3 Å². The van der Waals surface area contributed by atoms with Crippen LogP contribution in [0.25, 0.3) is 0 Å². The van der Waals surface area contributed by atoms with E-state index in [1.165, 1.54) is 0 Å². The number of hydrogen-bond acceptors (Lipinski definition) is 5. The van der Waals surface area contributed by atoms with Crippen molar-refractivity contribution in [1.82, 2.24) is 4.98 Å². The van der Waals surface area contributed by atoms with Crippen LogP contribution in [0.15, 0.2) is 36.5 Å². The van der Waals surface area contributed by atoms with Crippen LogP contribution in [-0.4, -0.2) is 23.3 Å². The van der Waals surface area contributed by atoms with Gasteiger partial charge in [0.05, 0.1) is 24.5 Å². The van der Waals surface area contributed by atoms with Crippen molar-refractivity contribution in [1.29, 1.82) is 0 Å². The van der Waals surface area contributed by atoms with Crippen molar-refractivity contribution in [3.8, 4) is 11.5 Å². The zero-order chi connectivity index (χ0) is 14.7. The molecule has 1 aliphatic heterocycles. The van der Waals surface area contributed by atoms with E-state index in [2.05, 4.69) is 4.98 Å². The Morgan fingerprint density at radius 1 is 1.29 bits per heavy atom. The topological polar surface area (TPSA) is 60.8 Å². The Hall–Kier alpha value is -2.11. The van der Waals surface area contributed by atoms with Gasteiger partial charge in [-0.3, -0.25) is 4.98 Å². The number of aromatic nitrogens is 1. The fourth-order valence-electron chi connectivity index (χ4n) is 2.24. The van der Waals surface area contributed by atoms with Crippen molar-refractivity contribution in [3.05, 3.63) is 53.3 Å². The molecule has 0 spiro atoms. The first kappa shape index (κ1) is 13.9. The van der Waals surface area contributed by atoms with Gasteiger partial charge in [0.2, 0.25) is 0 Å². The number of aryl methyl sites for hydroxylation is 1. The Morgan fingerprint density at radius 3 is 2.90 bits per heavy atom. The van der Waals surface area contributed by atoms with E-state index in [1.54, 1.807) is 13.1 Å². The summed E-state index contributed by atoms with van der Waals surface area (Å²) in [6.07, 6.45) is 1.16. The maximum absolute atomic E-state index is 10.1. The highest BCUT2D eigenvalue weighted by atomic mass is 16.7. The molecule has 0 amide bonds. The number of fused-ring (bicyclic) bond motifs is 1. The lowest BCUT2D eigenvalue weighted by atomic mass is 10.1. The van der Waals surface area contributed by atoms with Crippen LogP contribution in [0.1, 0.15) is 23.1 Å². The van der Waals surface area contributed by atoms with Crippen molar-refractivity contribution < 1.29 is 19.3 Å². The van der Waals surface area contributed by atoms with Gasteiger partial charge in [-0.05, 0) is 19.1 Å². The monoisotopic (exact) mass is 287 g/mol. The zero-order valence-corrected chi connectivity index (χ0v) is 11.8. The highest BCUT2D eigenvalue weighted by molar-refractivity contribution is 5.43. The van der Waals surface area contributed by atoms with Crippen LogP contribution in [0, 0.1) is 6.92 Å². The fourth-order valence-corrected chi connectivity index (χ4v) is 2.24. The number of pyridine rings is 1. The Kier molecular flexibility index (Phi) is 4.03. The second-order valence-corrected chi connectivity index (χ2v) is 4.81. The molecule has 0 radical (unpaired) electrons. The summed E-state index contributed by atoms with van der Waals surface area (Å²) in [5, 5.41) is 10.1. The molecule has 0 saturated heterocycles. The Labute approximate surface area is 123 Å². The average Bonchev–Trinajstić information content (AvgIpc) is 2.92. The van der Waals surface area contributed by atoms with Crippen molar-refractivity contribution in [2.75, 3.05) is 13.2 Å². The summed E-state index contributed by atoms with van der Waals surface area (Å²) in [5.74, 6) is 0.954. The third kappa shape index (κ3) is 2.99. The molecule has 0 bridgehead atoms. The van der Waals surface area contributed by atoms with E-state index in [-0.39, 0.29) is 5.75 Å². The lowest BCUT2D eigenvalue weighted by Gasteiger charge is -2.14. The van der Waals surface area contributed by atoms with Crippen molar-refractivity contribution in [2.45, 2.75) is 19.8 Å². The SMILES string of the molecule is Cc1ncc2c(c1O)C(OCCOc1ccccc1)OC2. The molecule has 1 aliphatic rings. The van der Waals surface area contributed by atoms with Crippen LogP contribution in [0.5, 0.6) is 11.5 Å². The molecule has 3 rings (SSSR count). The normalized spacial score (nSPS) is 16.7. The van der Waals surface area contributed by atoms with E-state index in [1.807, 2.05) is 30.3 Å². The van der Waals surface area contributed by atoms with Gasteiger partial charge in [-0.25, -0.2) is 0 Å². The molecule has 1 aromatic carbocycles. The molecule has 5 heteroatoms. The van der Waals surface area contributed by atoms with E-state index >= 15 is 0 Å². The van der Waals surface area contributed by atoms with Gasteiger partial charge in [0.15, 0.2) is 6.29 Å². The molecule has 0 fully saturated rings. The van der Waals surface area contributed by atoms with E-state index in [0.29, 0.717) is 31.1 Å². The summed E-state index contributed by atoms with van der Waals surface area (Å²) >= 11 is 0. The highest BCUT2D eigenvalue weighted by Gasteiger charge is 2.28. The number of aromatic hydroxyl groups is 1. The number of para-hydroxylation sites is 1. The summed E-state index contributed by atoms with van der Waals surface area (Å²) in [4.78, 5) is 4.11. The molecule has 2 aromatic rings. The van der Waals surface area contributed by atoms with Gasteiger partial charge in [0.1, 0.15) is 18.1 Å². The smallest absolute Gasteiger partial charge is 0.188 e. The molecule has 1 unspecified atom stereocenters. The lowest BCUT2D eigenvalue weighted by Crippen LogP contribution is -2.11. The predicted octanol–water partition coefficient (Wildman–Crippen LogP) is 2.72. The summed E-state index contributed by atoms with van der Waals surface area (Å²) < 4.78 is 16.7. The molecular formula is C16H17NO4. The fraction of sp³-hybridized carbons (Fsp3) is 0.312. The van der Waals surface area contributed by atoms with Gasteiger partial charge in [0.25, 0.3) is 0 Å². The van der Waals surface area contributed by atoms with Gasteiger partial charge in [-0.15, -0.1) is 0 Å². The molecule has 21 heavy (non-hydrogen) atoms. The second kappa shape index (κ2) is 6.11. The first-order chi connectivity index (χ1) is 10.3. The third-order valence-electron chi connectivity index (χ3n) is 3.35. The van der Waals surface area contributed by atoms with Crippen LogP contribution < -0.4 is 4.74 Å². The molecular weight excluding hydrogens is 270 g/mol. The molecule has 2 heterocycles. The number of hydrogen-bond donors (Lipinski definition) is 1. The van der Waals surface area contributed by atoms with Gasteiger partial charge >= 0.3 is 0 Å². The van der Waals surface area contributed by atoms with Crippen LogP contribution in [-0.2, 0) is 16.1 Å². The first-order valence-electron chi connectivity index (χ1n) is 6.84. The standard InChI is InChI=1S/C16H17NO4/c1-11-15(18)14-12(9-17-11)10-21-16(14)20-8-7-19-13-5-3-2-4-6-13/h2-6,9,16,18H,7-8,10H2,1H3. The predicted molar refractivity (Wildman–Crippen MR) is 76.1 cm³/mol. The average molecular weight is 287 g/mol. The van der Waals surface area contributed by atoms with Crippen LogP contribution in [0.3, 0.4) is 0 Å². The molecule has 0 aliphatic carbocycles. The highest BCUT2D eigenvalue weighted by Crippen LogP contribution is 2.38. The maximum Gasteiger partial charge on any atom is 0.188 e. The number of ether oxygens (including phenoxy) is 3. The molecule has 1 N–H and O–H groups in total. The molecule has 5 nitrogen and oxygen atoms in total. The van der Waals surface area contributed by atoms with Gasteiger partial charge in [-0.1, -0.05) is 18.2 Å². The number of benzene rings is 1. The zero-order valence-electron chi connectivity index (χ0n) is 11.8. The van der Waals surface area contributed by atoms with Crippen LogP contribution >= 0.6 is 0 Å². The molecule has 1 aromatic heterocycles. The van der Waals surface area contributed by atoms with Crippen LogP contribution in [0.4, 0.5) is 0 Å². The van der Waals surface area contributed by atoms with E-state index < -0.39 is 6.29 Å². The van der Waals surface area contributed by atoms with Gasteiger partial charge in [-0.2, -0.15) is 0 Å². The van der Waals surface area contributed by atoms with Crippen molar-refractivity contribution in [2.24, 2.45) is 0 Å². The van der Waals surface area contributed by atoms with Crippen LogP contribution in [0.2, 0.25) is 0 Å². The summed E-state index contributed by atoms with van der Waals surface area (Å²) in [6, 6.07) is 9.55. The number of nitrogens with zero attached hydrogens (tertiary/aromatic N) is 1. The minimum absolute atomic E-state index is 0.152. The minimum Gasteiger partial charge on any atom is -0.506 e. The number of rotatable bonds is 5. The summed E-state index contributed by atoms with van der Waals surface area (Å²) in [7, 11) is 0. The molecule has 0 saturated carbocycles. The maximum atomic E-state index is 10.1. The second-order valence-electron chi connectivity index (χ2n) is 4.81. The Balaban J connectivity index is 1.55. The van der Waals surface area contributed by atoms with Gasteiger partial charge < -0.3 is 19.3 Å².